The van der Waals surface area contributed by atoms with Gasteiger partial charge in [0.1, 0.15) is 5.78 Å². The zero-order valence-corrected chi connectivity index (χ0v) is 10.3. The van der Waals surface area contributed by atoms with Crippen LogP contribution in [0.2, 0.25) is 0 Å². The number of nitrogens with zero attached hydrogens (tertiary/aromatic N) is 1. The van der Waals surface area contributed by atoms with E-state index in [0.29, 0.717) is 18.1 Å². The van der Waals surface area contributed by atoms with Gasteiger partial charge in [0, 0.05) is 25.9 Å². The molecule has 0 aromatic rings. The van der Waals surface area contributed by atoms with Crippen LogP contribution in [-0.2, 0) is 9.59 Å². The number of carbonyl (C=O) groups excluding carboxylic acids is 2. The van der Waals surface area contributed by atoms with Crippen LogP contribution >= 0.6 is 0 Å². The molecule has 0 aromatic carbocycles. The Bertz CT molecular complexity index is 303. The van der Waals surface area contributed by atoms with Crippen molar-refractivity contribution < 1.29 is 9.59 Å². The summed E-state index contributed by atoms with van der Waals surface area (Å²) in [7, 11) is 1.86. The van der Waals surface area contributed by atoms with Gasteiger partial charge in [0.25, 0.3) is 0 Å². The fraction of sp³-hybridized carbons (Fsp3) is 0.846. The summed E-state index contributed by atoms with van der Waals surface area (Å²) in [5, 5.41) is 0. The van der Waals surface area contributed by atoms with E-state index in [2.05, 4.69) is 0 Å². The van der Waals surface area contributed by atoms with E-state index in [-0.39, 0.29) is 11.3 Å². The molecule has 1 saturated carbocycles. The van der Waals surface area contributed by atoms with E-state index in [1.807, 2.05) is 14.0 Å². The van der Waals surface area contributed by atoms with E-state index in [1.165, 1.54) is 0 Å². The summed E-state index contributed by atoms with van der Waals surface area (Å²) in [5.41, 5.74) is -0.0717. The van der Waals surface area contributed by atoms with Crippen molar-refractivity contribution in [2.24, 2.45) is 11.3 Å². The molecular weight excluding hydrogens is 202 g/mol. The van der Waals surface area contributed by atoms with Gasteiger partial charge in [-0.05, 0) is 32.1 Å². The molecule has 2 fully saturated rings. The molecule has 0 atom stereocenters. The Hall–Kier alpha value is -0.860. The Morgan fingerprint density at radius 2 is 2.06 bits per heavy atom. The lowest BCUT2D eigenvalue weighted by molar-refractivity contribution is -0.162. The molecule has 0 unspecified atom stereocenters. The number of β-lactam (4-membered cyclic amide) rings is 1. The highest BCUT2D eigenvalue weighted by Crippen LogP contribution is 2.46. The van der Waals surface area contributed by atoms with E-state index < -0.39 is 0 Å². The average molecular weight is 223 g/mol. The lowest BCUT2D eigenvalue weighted by Crippen LogP contribution is -2.60. The Morgan fingerprint density at radius 1 is 1.44 bits per heavy atom. The number of Topliss-reactive ketones (excluding diaryl/α,β-unsaturated/α-hetero) is 1. The number of amides is 1. The minimum Gasteiger partial charge on any atom is -0.344 e. The van der Waals surface area contributed by atoms with Gasteiger partial charge in [-0.2, -0.15) is 0 Å². The van der Waals surface area contributed by atoms with Crippen LogP contribution in [0.3, 0.4) is 0 Å². The summed E-state index contributed by atoms with van der Waals surface area (Å²) in [4.78, 5) is 25.3. The SMILES string of the molecule is CCCC(=O)C1CCC2(CC1)CN(C)C2=O. The molecule has 1 saturated heterocycles. The standard InChI is InChI=1S/C13H21NO2/c1-3-4-11(15)10-5-7-13(8-6-10)9-14(2)12(13)16/h10H,3-9H2,1-2H3. The van der Waals surface area contributed by atoms with Gasteiger partial charge in [-0.25, -0.2) is 0 Å². The summed E-state index contributed by atoms with van der Waals surface area (Å²) in [6.45, 7) is 2.95. The number of ketones is 1. The number of rotatable bonds is 3. The number of likely N-dealkylation sites (tertiary alicyclic amines) is 1. The highest BCUT2D eigenvalue weighted by Gasteiger charge is 2.51. The molecule has 3 heteroatoms. The zero-order chi connectivity index (χ0) is 11.8. The van der Waals surface area contributed by atoms with Crippen molar-refractivity contribution in [3.05, 3.63) is 0 Å². The zero-order valence-electron chi connectivity index (χ0n) is 10.3. The highest BCUT2D eigenvalue weighted by molar-refractivity contribution is 5.89. The highest BCUT2D eigenvalue weighted by atomic mass is 16.2. The quantitative estimate of drug-likeness (QED) is 0.686. The van der Waals surface area contributed by atoms with Gasteiger partial charge in [-0.1, -0.05) is 6.92 Å². The van der Waals surface area contributed by atoms with Crippen LogP contribution in [-0.4, -0.2) is 30.2 Å². The summed E-state index contributed by atoms with van der Waals surface area (Å²) >= 11 is 0. The van der Waals surface area contributed by atoms with Gasteiger partial charge < -0.3 is 4.90 Å². The molecular formula is C13H21NO2. The van der Waals surface area contributed by atoms with E-state index >= 15 is 0 Å². The molecule has 2 aliphatic rings. The molecule has 16 heavy (non-hydrogen) atoms. The first-order valence-corrected chi connectivity index (χ1v) is 6.37. The molecule has 1 heterocycles. The second-order valence-corrected chi connectivity index (χ2v) is 5.43. The van der Waals surface area contributed by atoms with Gasteiger partial charge in [-0.15, -0.1) is 0 Å². The maximum atomic E-state index is 11.8. The maximum absolute atomic E-state index is 11.8. The van der Waals surface area contributed by atoms with Crippen LogP contribution in [0.15, 0.2) is 0 Å². The third-order valence-electron chi connectivity index (χ3n) is 4.23. The number of hydrogen-bond donors (Lipinski definition) is 0. The van der Waals surface area contributed by atoms with Crippen molar-refractivity contribution in [1.82, 2.24) is 4.90 Å². The van der Waals surface area contributed by atoms with E-state index in [9.17, 15) is 9.59 Å². The van der Waals surface area contributed by atoms with Crippen molar-refractivity contribution >= 4 is 11.7 Å². The van der Waals surface area contributed by atoms with E-state index in [0.717, 1.165) is 38.6 Å². The van der Waals surface area contributed by atoms with Gasteiger partial charge in [0.2, 0.25) is 5.91 Å². The summed E-state index contributed by atoms with van der Waals surface area (Å²) in [6, 6.07) is 0. The molecule has 0 N–H and O–H groups in total. The molecule has 2 rings (SSSR count). The molecule has 0 bridgehead atoms. The predicted octanol–water partition coefficient (Wildman–Crippen LogP) is 2.00. The Balaban J connectivity index is 1.88. The van der Waals surface area contributed by atoms with Crippen LogP contribution in [0, 0.1) is 11.3 Å². The number of hydrogen-bond acceptors (Lipinski definition) is 2. The van der Waals surface area contributed by atoms with E-state index in [4.69, 9.17) is 0 Å². The lowest BCUT2D eigenvalue weighted by Gasteiger charge is -2.50. The normalized spacial score (nSPS) is 34.0. The minimum atomic E-state index is -0.0717. The van der Waals surface area contributed by atoms with Crippen LogP contribution in [0.1, 0.15) is 45.4 Å². The van der Waals surface area contributed by atoms with Crippen molar-refractivity contribution in [3.63, 3.8) is 0 Å². The molecule has 3 nitrogen and oxygen atoms in total. The topological polar surface area (TPSA) is 37.4 Å². The molecule has 1 spiro atoms. The minimum absolute atomic E-state index is 0.0717. The first-order chi connectivity index (χ1) is 7.59. The van der Waals surface area contributed by atoms with E-state index in [1.54, 1.807) is 4.90 Å². The molecule has 1 aliphatic heterocycles. The molecule has 0 aromatic heterocycles. The first-order valence-electron chi connectivity index (χ1n) is 6.37. The van der Waals surface area contributed by atoms with Crippen molar-refractivity contribution in [1.29, 1.82) is 0 Å². The average Bonchev–Trinajstić information content (AvgIpc) is 2.30. The second-order valence-electron chi connectivity index (χ2n) is 5.43. The van der Waals surface area contributed by atoms with Crippen molar-refractivity contribution in [2.45, 2.75) is 45.4 Å². The summed E-state index contributed by atoms with van der Waals surface area (Å²) in [5.74, 6) is 0.954. The second kappa shape index (κ2) is 4.19. The van der Waals surface area contributed by atoms with Crippen LogP contribution in [0.25, 0.3) is 0 Å². The van der Waals surface area contributed by atoms with Gasteiger partial charge in [0.15, 0.2) is 0 Å². The largest absolute Gasteiger partial charge is 0.344 e. The monoisotopic (exact) mass is 223 g/mol. The fourth-order valence-corrected chi connectivity index (χ4v) is 3.22. The van der Waals surface area contributed by atoms with Gasteiger partial charge in [0.05, 0.1) is 5.41 Å². The van der Waals surface area contributed by atoms with Crippen LogP contribution < -0.4 is 0 Å². The predicted molar refractivity (Wildman–Crippen MR) is 61.9 cm³/mol. The van der Waals surface area contributed by atoms with Crippen molar-refractivity contribution in [3.8, 4) is 0 Å². The Kier molecular flexibility index (Phi) is 3.04. The third-order valence-corrected chi connectivity index (χ3v) is 4.23. The van der Waals surface area contributed by atoms with Gasteiger partial charge in [-0.3, -0.25) is 9.59 Å². The summed E-state index contributed by atoms with van der Waals surface area (Å²) < 4.78 is 0. The van der Waals surface area contributed by atoms with Crippen LogP contribution in [0.4, 0.5) is 0 Å². The summed E-state index contributed by atoms with van der Waals surface area (Å²) in [6.07, 6.45) is 5.37. The number of carbonyl (C=O) groups is 2. The van der Waals surface area contributed by atoms with Gasteiger partial charge >= 0.3 is 0 Å². The Morgan fingerprint density at radius 3 is 2.50 bits per heavy atom. The molecule has 1 aliphatic carbocycles. The lowest BCUT2D eigenvalue weighted by atomic mass is 9.64. The molecule has 90 valence electrons. The first kappa shape index (κ1) is 11.6. The van der Waals surface area contributed by atoms with Crippen molar-refractivity contribution in [2.75, 3.05) is 13.6 Å². The van der Waals surface area contributed by atoms with Crippen LogP contribution in [0.5, 0.6) is 0 Å². The molecule has 1 amide bonds. The third kappa shape index (κ3) is 1.76. The molecule has 0 radical (unpaired) electrons. The smallest absolute Gasteiger partial charge is 0.230 e. The fourth-order valence-electron chi connectivity index (χ4n) is 3.22. The Labute approximate surface area is 97.2 Å². The maximum Gasteiger partial charge on any atom is 0.230 e.